The summed E-state index contributed by atoms with van der Waals surface area (Å²) in [5, 5.41) is 51.5. The Kier molecular flexibility index (Phi) is 6.79. The maximum atomic E-state index is 8.58. The minimum Gasteiger partial charge on any atom is 1.00 e. The third kappa shape index (κ3) is 2.08. The fraction of sp³-hybridized carbons (Fsp3) is 0. The largest absolute Gasteiger partial charge is 2.00 e. The summed E-state index contributed by atoms with van der Waals surface area (Å²) in [7, 11) is -6.17. The molecule has 0 aromatic heterocycles. The van der Waals surface area contributed by atoms with Crippen LogP contribution >= 0.6 is 0 Å². The van der Waals surface area contributed by atoms with Crippen LogP contribution in [-0.2, 0) is 27.2 Å². The minimum absolute atomic E-state index is 0. The van der Waals surface area contributed by atoms with Crippen molar-refractivity contribution < 1.29 is 78.6 Å². The van der Waals surface area contributed by atoms with Crippen molar-refractivity contribution in [2.24, 2.45) is 0 Å². The molecule has 0 unspecified atom stereocenters. The second kappa shape index (κ2) is 5.08. The van der Waals surface area contributed by atoms with Crippen LogP contribution in [0.1, 0.15) is 0 Å². The van der Waals surface area contributed by atoms with E-state index in [0.717, 1.165) is 29.8 Å². The third-order valence-electron chi connectivity index (χ3n) is 1.19. The van der Waals surface area contributed by atoms with Gasteiger partial charge in [-0.25, -0.2) is 0 Å². The average molecular weight is 310 g/mol. The Morgan fingerprint density at radius 2 is 0.667 bits per heavy atom. The van der Waals surface area contributed by atoms with E-state index in [-0.39, 0.29) is 67.9 Å². The smallest absolute Gasteiger partial charge is 1.00 e. The van der Waals surface area contributed by atoms with E-state index in [4.69, 9.17) is 31.6 Å². The summed E-state index contributed by atoms with van der Waals surface area (Å²) < 4.78 is 0. The zero-order chi connectivity index (χ0) is 10.7. The second-order valence-corrected chi connectivity index (χ2v) is 7.42. The zero-order valence-electron chi connectivity index (χ0n) is 7.35. The van der Waals surface area contributed by atoms with Crippen LogP contribution in [0.15, 0.2) is 0 Å². The van der Waals surface area contributed by atoms with E-state index in [0.29, 0.717) is 0 Å². The van der Waals surface area contributed by atoms with Crippen molar-refractivity contribution >= 4 is 0 Å². The van der Waals surface area contributed by atoms with Gasteiger partial charge in [-0.1, -0.05) is 0 Å². The first kappa shape index (κ1) is 20.1. The fourth-order valence-electron chi connectivity index (χ4n) is 0.265. The predicted octanol–water partition coefficient (Wildman–Crippen LogP) is -2.90. The van der Waals surface area contributed by atoms with Gasteiger partial charge in [0.25, 0.3) is 0 Å². The van der Waals surface area contributed by atoms with E-state index < -0.39 is 10.7 Å². The van der Waals surface area contributed by atoms with Crippen LogP contribution in [-0.4, -0.2) is 0 Å². The Bertz CT molecular complexity index is 397. The first-order valence-electron chi connectivity index (χ1n) is 2.40. The molecule has 74 valence electrons. The molecule has 0 rings (SSSR count). The SMILES string of the molecule is N#[C][Fe-4]([C]#N)([C]#N)([C]#N)([C]#N)[C]#N.[K+].[Ni+2]. The Labute approximate surface area is 138 Å². The standard InChI is InChI=1S/6CN.Fe.K.Ni/c6*1-2;;;/q;;;;;;-4;+1;+2. The van der Waals surface area contributed by atoms with Crippen molar-refractivity contribution in [2.45, 2.75) is 0 Å². The van der Waals surface area contributed by atoms with Crippen molar-refractivity contribution in [3.63, 3.8) is 0 Å². The summed E-state index contributed by atoms with van der Waals surface area (Å²) in [5.41, 5.74) is 0. The molecule has 0 spiro atoms. The van der Waals surface area contributed by atoms with Gasteiger partial charge in [-0.05, 0) is 0 Å². The molecule has 0 amide bonds. The second-order valence-electron chi connectivity index (χ2n) is 1.80. The first-order valence-corrected chi connectivity index (χ1v) is 5.71. The van der Waals surface area contributed by atoms with E-state index in [1.807, 2.05) is 0 Å². The summed E-state index contributed by atoms with van der Waals surface area (Å²) >= 11 is 0. The van der Waals surface area contributed by atoms with Gasteiger partial charge in [0, 0.05) is 0 Å². The molecule has 9 heteroatoms. The number of hydrogen-bond acceptors (Lipinski definition) is 6. The van der Waals surface area contributed by atoms with Crippen LogP contribution in [0.5, 0.6) is 0 Å². The van der Waals surface area contributed by atoms with E-state index in [9.17, 15) is 0 Å². The number of nitrogens with zero attached hydrogens (tertiary/aromatic N) is 6. The molecule has 0 atom stereocenters. The zero-order valence-corrected chi connectivity index (χ0v) is 12.6. The number of hydrogen-bond donors (Lipinski definition) is 0. The fourth-order valence-corrected chi connectivity index (χ4v) is 1.09. The van der Waals surface area contributed by atoms with Crippen LogP contribution in [0.2, 0.25) is 0 Å². The quantitative estimate of drug-likeness (QED) is 0.439. The summed E-state index contributed by atoms with van der Waals surface area (Å²) in [4.78, 5) is 6.19. The number of rotatable bonds is 0. The summed E-state index contributed by atoms with van der Waals surface area (Å²) in [6.07, 6.45) is 0. The van der Waals surface area contributed by atoms with Crippen LogP contribution in [0.25, 0.3) is 0 Å². The molecule has 0 aliphatic heterocycles. The van der Waals surface area contributed by atoms with Gasteiger partial charge in [0.2, 0.25) is 0 Å². The number of nitriles is 6. The molecule has 0 heterocycles. The maximum Gasteiger partial charge on any atom is 2.00 e. The van der Waals surface area contributed by atoms with Crippen LogP contribution < -0.4 is 51.4 Å². The molecule has 0 saturated heterocycles. The molecular weight excluding hydrogens is 310 g/mol. The van der Waals surface area contributed by atoms with Crippen LogP contribution in [0, 0.1) is 61.4 Å². The molecule has 0 aromatic rings. The molecule has 0 aliphatic carbocycles. The molecule has 0 aromatic carbocycles. The molecule has 0 saturated carbocycles. The molecule has 0 aliphatic rings. The van der Waals surface area contributed by atoms with Gasteiger partial charge in [-0.3, -0.25) is 0 Å². The normalized spacial score (nSPS) is 11.6. The van der Waals surface area contributed by atoms with Crippen molar-refractivity contribution in [2.75, 3.05) is 0 Å². The van der Waals surface area contributed by atoms with Gasteiger partial charge < -0.3 is 0 Å². The van der Waals surface area contributed by atoms with Gasteiger partial charge in [-0.15, -0.1) is 0 Å². The van der Waals surface area contributed by atoms with Gasteiger partial charge in [0.05, 0.1) is 0 Å². The molecule has 0 radical (unpaired) electrons. The van der Waals surface area contributed by atoms with Crippen molar-refractivity contribution in [3.05, 3.63) is 0 Å². The topological polar surface area (TPSA) is 143 Å². The van der Waals surface area contributed by atoms with Gasteiger partial charge in [-0.2, -0.15) is 0 Å². The monoisotopic (exact) mass is 309 g/mol. The van der Waals surface area contributed by atoms with E-state index in [2.05, 4.69) is 0 Å². The molecule has 15 heavy (non-hydrogen) atoms. The predicted molar refractivity (Wildman–Crippen MR) is 33.7 cm³/mol. The van der Waals surface area contributed by atoms with Gasteiger partial charge >= 0.3 is 140 Å². The van der Waals surface area contributed by atoms with Crippen molar-refractivity contribution in [1.82, 2.24) is 0 Å². The Morgan fingerprint density at radius 3 is 0.667 bits per heavy atom. The summed E-state index contributed by atoms with van der Waals surface area (Å²) in [6.45, 7) is 0. The maximum absolute atomic E-state index is 8.58. The molecule has 6 nitrogen and oxygen atoms in total. The van der Waals surface area contributed by atoms with Crippen LogP contribution in [0.3, 0.4) is 0 Å². The van der Waals surface area contributed by atoms with Gasteiger partial charge in [0.15, 0.2) is 0 Å². The van der Waals surface area contributed by atoms with Gasteiger partial charge in [0.1, 0.15) is 0 Å². The summed E-state index contributed by atoms with van der Waals surface area (Å²) in [5.74, 6) is 0. The summed E-state index contributed by atoms with van der Waals surface area (Å²) in [6, 6.07) is 0. The third-order valence-corrected chi connectivity index (χ3v) is 4.89. The first-order chi connectivity index (χ1) is 5.97. The molecule has 0 N–H and O–H groups in total. The van der Waals surface area contributed by atoms with E-state index in [1.165, 1.54) is 0 Å². The Morgan fingerprint density at radius 1 is 0.533 bits per heavy atom. The van der Waals surface area contributed by atoms with Crippen molar-refractivity contribution in [1.29, 1.82) is 31.6 Å². The van der Waals surface area contributed by atoms with E-state index >= 15 is 0 Å². The van der Waals surface area contributed by atoms with Crippen LogP contribution in [0.4, 0.5) is 0 Å². The molecule has 0 fully saturated rings. The minimum atomic E-state index is -6.17. The van der Waals surface area contributed by atoms with Crippen molar-refractivity contribution in [3.8, 4) is 29.8 Å². The molecule has 0 bridgehead atoms. The van der Waals surface area contributed by atoms with E-state index in [1.54, 1.807) is 0 Å². The Balaban J connectivity index is -0.000000720. The average Bonchev–Trinajstić information content (AvgIpc) is 2.26. The Hall–Kier alpha value is -0.411. The molecular formula is C6FeKN6Ni-.